The van der Waals surface area contributed by atoms with Crippen molar-refractivity contribution in [1.29, 1.82) is 0 Å². The molecule has 0 fully saturated rings. The third-order valence-corrected chi connectivity index (χ3v) is 4.13. The Labute approximate surface area is 129 Å². The quantitative estimate of drug-likeness (QED) is 0.624. The number of rotatable bonds is 4. The van der Waals surface area contributed by atoms with Gasteiger partial charge < -0.3 is 4.74 Å². The van der Waals surface area contributed by atoms with Crippen LogP contribution in [0.4, 0.5) is 0 Å². The third kappa shape index (κ3) is 2.72. The van der Waals surface area contributed by atoms with Crippen LogP contribution in [0.5, 0.6) is 5.75 Å². The first-order valence-electron chi connectivity index (χ1n) is 6.99. The highest BCUT2D eigenvalue weighted by atomic mass is 35.5. The molecule has 0 saturated carbocycles. The molecule has 0 N–H and O–H groups in total. The van der Waals surface area contributed by atoms with Crippen molar-refractivity contribution in [2.24, 2.45) is 0 Å². The van der Waals surface area contributed by atoms with Crippen molar-refractivity contribution in [1.82, 2.24) is 4.98 Å². The summed E-state index contributed by atoms with van der Waals surface area (Å²) in [5, 5.41) is 1.17. The van der Waals surface area contributed by atoms with Crippen LogP contribution >= 0.6 is 11.6 Å². The molecule has 0 aliphatic rings. The molecule has 1 unspecified atom stereocenters. The van der Waals surface area contributed by atoms with E-state index >= 15 is 0 Å². The lowest BCUT2D eigenvalue weighted by molar-refractivity contribution is 0.155. The Morgan fingerprint density at radius 2 is 1.71 bits per heavy atom. The zero-order valence-corrected chi connectivity index (χ0v) is 12.5. The Morgan fingerprint density at radius 3 is 2.48 bits per heavy atom. The van der Waals surface area contributed by atoms with Gasteiger partial charge in [0.2, 0.25) is 5.06 Å². The number of fused-ring (bicyclic) bond motifs is 1. The van der Waals surface area contributed by atoms with E-state index in [2.05, 4.69) is 4.98 Å². The van der Waals surface area contributed by atoms with Gasteiger partial charge in [-0.1, -0.05) is 73.1 Å². The first kappa shape index (κ1) is 13.9. The Hall–Kier alpha value is -2.06. The minimum absolute atomic E-state index is 0.655. The van der Waals surface area contributed by atoms with Gasteiger partial charge in [0.1, 0.15) is 5.75 Å². The second kappa shape index (κ2) is 5.74. The molecule has 1 aromatic heterocycles. The van der Waals surface area contributed by atoms with E-state index in [1.54, 1.807) is 6.20 Å². The molecule has 0 amide bonds. The standard InChI is InChI=1S/C18H16ClNO/c1-2-18(19,15-9-4-3-5-10-15)21-17-13-20-12-14-8-6-7-11-16(14)17/h3-13H,2H2,1H3. The van der Waals surface area contributed by atoms with Crippen LogP contribution in [0.25, 0.3) is 10.8 Å². The molecule has 3 heteroatoms. The van der Waals surface area contributed by atoms with Crippen molar-refractivity contribution >= 4 is 22.4 Å². The number of aromatic nitrogens is 1. The zero-order chi connectivity index (χ0) is 14.7. The Morgan fingerprint density at radius 1 is 1.00 bits per heavy atom. The monoisotopic (exact) mass is 297 g/mol. The second-order valence-corrected chi connectivity index (χ2v) is 5.52. The minimum Gasteiger partial charge on any atom is -0.465 e. The van der Waals surface area contributed by atoms with Gasteiger partial charge >= 0.3 is 0 Å². The maximum Gasteiger partial charge on any atom is 0.208 e. The number of hydrogen-bond donors (Lipinski definition) is 0. The van der Waals surface area contributed by atoms with Crippen molar-refractivity contribution < 1.29 is 4.74 Å². The molecule has 2 nitrogen and oxygen atoms in total. The van der Waals surface area contributed by atoms with E-state index in [1.807, 2.05) is 67.7 Å². The smallest absolute Gasteiger partial charge is 0.208 e. The summed E-state index contributed by atoms with van der Waals surface area (Å²) < 4.78 is 6.15. The van der Waals surface area contributed by atoms with Crippen LogP contribution in [0.3, 0.4) is 0 Å². The fraction of sp³-hybridized carbons (Fsp3) is 0.167. The molecule has 1 atom stereocenters. The van der Waals surface area contributed by atoms with Gasteiger partial charge in [-0.15, -0.1) is 0 Å². The van der Waals surface area contributed by atoms with E-state index < -0.39 is 5.06 Å². The fourth-order valence-corrected chi connectivity index (χ4v) is 2.58. The molecule has 0 radical (unpaired) electrons. The van der Waals surface area contributed by atoms with Crippen LogP contribution in [0, 0.1) is 0 Å². The normalized spacial score (nSPS) is 13.8. The van der Waals surface area contributed by atoms with E-state index in [0.29, 0.717) is 12.2 Å². The largest absolute Gasteiger partial charge is 0.465 e. The molecule has 0 aliphatic carbocycles. The molecule has 0 aliphatic heterocycles. The summed E-state index contributed by atoms with van der Waals surface area (Å²) in [6.07, 6.45) is 4.20. The lowest BCUT2D eigenvalue weighted by atomic mass is 10.1. The van der Waals surface area contributed by atoms with Crippen molar-refractivity contribution in [2.45, 2.75) is 18.4 Å². The van der Waals surface area contributed by atoms with E-state index in [-0.39, 0.29) is 0 Å². The second-order valence-electron chi connectivity index (χ2n) is 4.91. The van der Waals surface area contributed by atoms with Gasteiger partial charge in [-0.25, -0.2) is 0 Å². The van der Waals surface area contributed by atoms with Gasteiger partial charge in [-0.2, -0.15) is 0 Å². The van der Waals surface area contributed by atoms with Crippen molar-refractivity contribution in [3.63, 3.8) is 0 Å². The van der Waals surface area contributed by atoms with Gasteiger partial charge in [0.25, 0.3) is 0 Å². The molecule has 21 heavy (non-hydrogen) atoms. The number of ether oxygens (including phenoxy) is 1. The minimum atomic E-state index is -0.882. The number of benzene rings is 2. The Kier molecular flexibility index (Phi) is 3.80. The highest BCUT2D eigenvalue weighted by molar-refractivity contribution is 6.23. The predicted molar refractivity (Wildman–Crippen MR) is 86.6 cm³/mol. The van der Waals surface area contributed by atoms with Crippen LogP contribution in [0.15, 0.2) is 67.0 Å². The fourth-order valence-electron chi connectivity index (χ4n) is 2.37. The topological polar surface area (TPSA) is 22.1 Å². The Bertz CT molecular complexity index is 739. The van der Waals surface area contributed by atoms with Crippen LogP contribution in [0.1, 0.15) is 18.9 Å². The summed E-state index contributed by atoms with van der Waals surface area (Å²) in [6, 6.07) is 17.9. The molecule has 0 saturated heterocycles. The predicted octanol–water partition coefficient (Wildman–Crippen LogP) is 5.12. The van der Waals surface area contributed by atoms with Crippen molar-refractivity contribution in [3.05, 3.63) is 72.6 Å². The maximum atomic E-state index is 6.73. The molecular weight excluding hydrogens is 282 g/mol. The van der Waals surface area contributed by atoms with Gasteiger partial charge in [-0.3, -0.25) is 4.98 Å². The number of hydrogen-bond acceptors (Lipinski definition) is 2. The van der Waals surface area contributed by atoms with E-state index in [9.17, 15) is 0 Å². The van der Waals surface area contributed by atoms with Gasteiger partial charge in [0.05, 0.1) is 6.20 Å². The zero-order valence-electron chi connectivity index (χ0n) is 11.8. The van der Waals surface area contributed by atoms with Crippen LogP contribution in [-0.4, -0.2) is 4.98 Å². The highest BCUT2D eigenvalue weighted by Gasteiger charge is 2.30. The summed E-state index contributed by atoms with van der Waals surface area (Å²) >= 11 is 6.73. The van der Waals surface area contributed by atoms with Gasteiger partial charge in [0.15, 0.2) is 0 Å². The summed E-state index contributed by atoms with van der Waals surface area (Å²) in [5.41, 5.74) is 0.946. The van der Waals surface area contributed by atoms with Crippen molar-refractivity contribution in [2.75, 3.05) is 0 Å². The molecule has 3 rings (SSSR count). The van der Waals surface area contributed by atoms with E-state index in [0.717, 1.165) is 16.3 Å². The first-order valence-corrected chi connectivity index (χ1v) is 7.37. The van der Waals surface area contributed by atoms with Crippen molar-refractivity contribution in [3.8, 4) is 5.75 Å². The third-order valence-electron chi connectivity index (χ3n) is 3.56. The average Bonchev–Trinajstić information content (AvgIpc) is 2.56. The molecule has 2 aromatic carbocycles. The summed E-state index contributed by atoms with van der Waals surface area (Å²) in [6.45, 7) is 2.01. The van der Waals surface area contributed by atoms with E-state index in [1.165, 1.54) is 0 Å². The number of alkyl halides is 1. The summed E-state index contributed by atoms with van der Waals surface area (Å²) in [4.78, 5) is 4.24. The molecular formula is C18H16ClNO. The molecule has 1 heterocycles. The SMILES string of the molecule is CCC(Cl)(Oc1cncc2ccccc12)c1ccccc1. The van der Waals surface area contributed by atoms with Crippen LogP contribution in [0.2, 0.25) is 0 Å². The lowest BCUT2D eigenvalue weighted by Gasteiger charge is -2.28. The summed E-state index contributed by atoms with van der Waals surface area (Å²) in [7, 11) is 0. The first-order chi connectivity index (χ1) is 10.2. The van der Waals surface area contributed by atoms with Gasteiger partial charge in [-0.05, 0) is 0 Å². The van der Waals surface area contributed by atoms with E-state index in [4.69, 9.17) is 16.3 Å². The summed E-state index contributed by atoms with van der Waals surface area (Å²) in [5.74, 6) is 0.703. The average molecular weight is 298 g/mol. The molecule has 0 spiro atoms. The highest BCUT2D eigenvalue weighted by Crippen LogP contribution is 2.37. The number of pyridine rings is 1. The number of halogens is 1. The van der Waals surface area contributed by atoms with Gasteiger partial charge in [0, 0.05) is 29.0 Å². The lowest BCUT2D eigenvalue weighted by Crippen LogP contribution is -2.25. The van der Waals surface area contributed by atoms with Crippen LogP contribution in [-0.2, 0) is 5.06 Å². The maximum absolute atomic E-state index is 6.73. The number of nitrogens with zero attached hydrogens (tertiary/aromatic N) is 1. The molecule has 106 valence electrons. The molecule has 3 aromatic rings. The van der Waals surface area contributed by atoms with Crippen LogP contribution < -0.4 is 4.74 Å². The molecule has 0 bridgehead atoms. The Balaban J connectivity index is 2.04.